The van der Waals surface area contributed by atoms with E-state index in [1.165, 1.54) is 11.1 Å². The Morgan fingerprint density at radius 2 is 2.12 bits per heavy atom. The minimum Gasteiger partial charge on any atom is -0.374 e. The Kier molecular flexibility index (Phi) is 5.56. The molecule has 25 heavy (non-hydrogen) atoms. The highest BCUT2D eigenvalue weighted by molar-refractivity contribution is 9.06. The number of carbonyl (C=O) groups excluding carboxylic acids is 1. The van der Waals surface area contributed by atoms with E-state index < -0.39 is 0 Å². The first-order chi connectivity index (χ1) is 12.1. The van der Waals surface area contributed by atoms with Gasteiger partial charge in [0, 0.05) is 18.3 Å². The van der Waals surface area contributed by atoms with Crippen LogP contribution in [-0.2, 0) is 10.2 Å². The SMILES string of the molecule is CC1c2cc(NC(=O)c3cccc(CCOBr)c3)ccc2C=CN1C. The van der Waals surface area contributed by atoms with E-state index in [2.05, 4.69) is 64.9 Å². The Bertz CT molecular complexity index is 804. The molecule has 0 aromatic heterocycles. The van der Waals surface area contributed by atoms with Gasteiger partial charge in [-0.25, -0.2) is 0 Å². The van der Waals surface area contributed by atoms with Crippen LogP contribution in [0.15, 0.2) is 48.7 Å². The zero-order valence-corrected chi connectivity index (χ0v) is 15.9. The summed E-state index contributed by atoms with van der Waals surface area (Å²) in [4.78, 5) is 14.7. The van der Waals surface area contributed by atoms with E-state index in [0.29, 0.717) is 12.2 Å². The number of halogens is 1. The molecule has 0 saturated carbocycles. The fourth-order valence-electron chi connectivity index (χ4n) is 2.94. The van der Waals surface area contributed by atoms with Crippen LogP contribution in [-0.4, -0.2) is 24.5 Å². The molecule has 0 saturated heterocycles. The lowest BCUT2D eigenvalue weighted by molar-refractivity contribution is 0.102. The van der Waals surface area contributed by atoms with Gasteiger partial charge in [0.2, 0.25) is 0 Å². The summed E-state index contributed by atoms with van der Waals surface area (Å²) < 4.78 is 4.92. The zero-order chi connectivity index (χ0) is 17.8. The van der Waals surface area contributed by atoms with Crippen molar-refractivity contribution < 1.29 is 8.62 Å². The molecule has 4 nitrogen and oxygen atoms in total. The van der Waals surface area contributed by atoms with Crippen LogP contribution < -0.4 is 5.32 Å². The lowest BCUT2D eigenvalue weighted by atomic mass is 9.97. The summed E-state index contributed by atoms with van der Waals surface area (Å²) in [5.74, 6) is -0.103. The molecule has 1 aliphatic heterocycles. The summed E-state index contributed by atoms with van der Waals surface area (Å²) in [6.45, 7) is 2.72. The Morgan fingerprint density at radius 3 is 2.92 bits per heavy atom. The van der Waals surface area contributed by atoms with E-state index in [4.69, 9.17) is 3.83 Å². The Balaban J connectivity index is 1.77. The maximum atomic E-state index is 12.6. The second-order valence-electron chi connectivity index (χ2n) is 6.22. The standard InChI is InChI=1S/C20H21BrN2O2/c1-14-19-13-18(7-6-16(19)8-10-23(14)2)22-20(24)17-5-3-4-15(12-17)9-11-25-21/h3-8,10,12-14H,9,11H2,1-2H3,(H,22,24). The molecule has 2 aromatic carbocycles. The molecule has 0 radical (unpaired) electrons. The zero-order valence-electron chi connectivity index (χ0n) is 14.3. The largest absolute Gasteiger partial charge is 0.374 e. The number of hydrogen-bond acceptors (Lipinski definition) is 3. The van der Waals surface area contributed by atoms with Crippen LogP contribution >= 0.6 is 16.3 Å². The first kappa shape index (κ1) is 17.7. The molecule has 3 rings (SSSR count). The van der Waals surface area contributed by atoms with Crippen molar-refractivity contribution in [2.45, 2.75) is 19.4 Å². The number of fused-ring (bicyclic) bond motifs is 1. The topological polar surface area (TPSA) is 41.6 Å². The molecule has 130 valence electrons. The van der Waals surface area contributed by atoms with Gasteiger partial charge in [-0.2, -0.15) is 0 Å². The third-order valence-electron chi connectivity index (χ3n) is 4.55. The average Bonchev–Trinajstić information content (AvgIpc) is 2.63. The highest BCUT2D eigenvalue weighted by atomic mass is 79.9. The normalized spacial score (nSPS) is 15.8. The second kappa shape index (κ2) is 7.85. The van der Waals surface area contributed by atoms with E-state index in [9.17, 15) is 4.79 Å². The second-order valence-corrected chi connectivity index (χ2v) is 6.68. The van der Waals surface area contributed by atoms with Crippen molar-refractivity contribution in [2.75, 3.05) is 19.0 Å². The molecule has 1 heterocycles. The molecule has 1 unspecified atom stereocenters. The van der Waals surface area contributed by atoms with Crippen LogP contribution in [0.1, 0.15) is 40.0 Å². The predicted molar refractivity (Wildman–Crippen MR) is 105 cm³/mol. The highest BCUT2D eigenvalue weighted by Gasteiger charge is 2.17. The van der Waals surface area contributed by atoms with Crippen molar-refractivity contribution in [2.24, 2.45) is 0 Å². The molecular formula is C20H21BrN2O2. The summed E-state index contributed by atoms with van der Waals surface area (Å²) in [7, 11) is 2.05. The van der Waals surface area contributed by atoms with Gasteiger partial charge in [-0.1, -0.05) is 18.2 Å². The van der Waals surface area contributed by atoms with Crippen LogP contribution in [0.3, 0.4) is 0 Å². The molecule has 0 fully saturated rings. The van der Waals surface area contributed by atoms with Gasteiger partial charge in [0.25, 0.3) is 5.91 Å². The lowest BCUT2D eigenvalue weighted by Crippen LogP contribution is -2.20. The van der Waals surface area contributed by atoms with Crippen molar-refractivity contribution in [3.05, 3.63) is 70.9 Å². The molecule has 0 bridgehead atoms. The van der Waals surface area contributed by atoms with Crippen molar-refractivity contribution in [1.29, 1.82) is 0 Å². The Labute approximate surface area is 156 Å². The van der Waals surface area contributed by atoms with Crippen LogP contribution in [0.25, 0.3) is 6.08 Å². The number of anilines is 1. The molecular weight excluding hydrogens is 380 g/mol. The van der Waals surface area contributed by atoms with E-state index >= 15 is 0 Å². The summed E-state index contributed by atoms with van der Waals surface area (Å²) in [6, 6.07) is 13.9. The quantitative estimate of drug-likeness (QED) is 0.784. The van der Waals surface area contributed by atoms with Crippen molar-refractivity contribution >= 4 is 33.9 Å². The first-order valence-electron chi connectivity index (χ1n) is 8.26. The minimum absolute atomic E-state index is 0.103. The summed E-state index contributed by atoms with van der Waals surface area (Å²) in [5.41, 5.74) is 4.94. The number of carbonyl (C=O) groups is 1. The van der Waals surface area contributed by atoms with Crippen LogP contribution in [0.5, 0.6) is 0 Å². The molecule has 1 atom stereocenters. The van der Waals surface area contributed by atoms with Crippen LogP contribution in [0.4, 0.5) is 5.69 Å². The fraction of sp³-hybridized carbons (Fsp3) is 0.250. The van der Waals surface area contributed by atoms with Gasteiger partial charge in [-0.05, 0) is 66.6 Å². The lowest BCUT2D eigenvalue weighted by Gasteiger charge is -2.29. The third kappa shape index (κ3) is 4.11. The number of hydrogen-bond donors (Lipinski definition) is 1. The number of nitrogens with zero attached hydrogens (tertiary/aromatic N) is 1. The molecule has 0 aliphatic carbocycles. The van der Waals surface area contributed by atoms with Gasteiger partial charge < -0.3 is 14.0 Å². The van der Waals surface area contributed by atoms with E-state index in [1.54, 1.807) is 0 Å². The van der Waals surface area contributed by atoms with Crippen molar-refractivity contribution in [3.63, 3.8) is 0 Å². The van der Waals surface area contributed by atoms with Crippen molar-refractivity contribution in [3.8, 4) is 0 Å². The summed E-state index contributed by atoms with van der Waals surface area (Å²) in [6.07, 6.45) is 4.92. The first-order valence-corrected chi connectivity index (χ1v) is 8.91. The van der Waals surface area contributed by atoms with Gasteiger partial charge in [-0.15, -0.1) is 0 Å². The van der Waals surface area contributed by atoms with E-state index in [-0.39, 0.29) is 11.9 Å². The molecule has 1 aliphatic rings. The van der Waals surface area contributed by atoms with Gasteiger partial charge >= 0.3 is 0 Å². The Hall–Kier alpha value is -2.11. The number of nitrogens with one attached hydrogen (secondary N) is 1. The molecule has 0 spiro atoms. The maximum absolute atomic E-state index is 12.6. The van der Waals surface area contributed by atoms with Gasteiger partial charge in [0.15, 0.2) is 0 Å². The van der Waals surface area contributed by atoms with Gasteiger partial charge in [-0.3, -0.25) is 4.79 Å². The molecule has 2 aromatic rings. The molecule has 5 heteroatoms. The van der Waals surface area contributed by atoms with Gasteiger partial charge in [0.05, 0.1) is 28.9 Å². The minimum atomic E-state index is -0.103. The van der Waals surface area contributed by atoms with Crippen LogP contribution in [0.2, 0.25) is 0 Å². The molecule has 1 N–H and O–H groups in total. The maximum Gasteiger partial charge on any atom is 0.255 e. The average molecular weight is 401 g/mol. The fourth-order valence-corrected chi connectivity index (χ4v) is 3.10. The predicted octanol–water partition coefficient (Wildman–Crippen LogP) is 4.79. The van der Waals surface area contributed by atoms with E-state index in [1.807, 2.05) is 30.3 Å². The number of amides is 1. The van der Waals surface area contributed by atoms with Crippen molar-refractivity contribution in [1.82, 2.24) is 4.90 Å². The monoisotopic (exact) mass is 400 g/mol. The van der Waals surface area contributed by atoms with Gasteiger partial charge in [0.1, 0.15) is 0 Å². The van der Waals surface area contributed by atoms with Crippen LogP contribution in [0, 0.1) is 0 Å². The van der Waals surface area contributed by atoms with E-state index in [0.717, 1.165) is 17.7 Å². The Morgan fingerprint density at radius 1 is 1.28 bits per heavy atom. The number of rotatable bonds is 5. The third-order valence-corrected chi connectivity index (χ3v) is 4.88. The summed E-state index contributed by atoms with van der Waals surface area (Å²) >= 11 is 2.95. The summed E-state index contributed by atoms with van der Waals surface area (Å²) in [5, 5.41) is 3.00. The molecule has 1 amide bonds. The smallest absolute Gasteiger partial charge is 0.255 e. The highest BCUT2D eigenvalue weighted by Crippen LogP contribution is 2.30. The number of benzene rings is 2.